The first-order valence-corrected chi connectivity index (χ1v) is 26.6. The quantitative estimate of drug-likeness (QED) is 0.0219. The van der Waals surface area contributed by atoms with E-state index in [1.165, 1.54) is 13.8 Å². The number of aromatic nitrogens is 1. The third-order valence-electron chi connectivity index (χ3n) is 13.4. The number of nitrogens with one attached hydrogen (secondary N) is 11. The van der Waals surface area contributed by atoms with Gasteiger partial charge in [-0.05, 0) is 68.1 Å². The van der Waals surface area contributed by atoms with Gasteiger partial charge >= 0.3 is 11.9 Å². The van der Waals surface area contributed by atoms with Crippen molar-refractivity contribution in [2.45, 2.75) is 161 Å². The van der Waals surface area contributed by atoms with E-state index in [1.54, 1.807) is 70.3 Å². The highest BCUT2D eigenvalue weighted by molar-refractivity contribution is 5.99. The largest absolute Gasteiger partial charge is 0.481 e. The second-order valence-corrected chi connectivity index (χ2v) is 20.4. The molecule has 8 amide bonds. The first-order valence-electron chi connectivity index (χ1n) is 26.6. The second-order valence-electron chi connectivity index (χ2n) is 20.4. The van der Waals surface area contributed by atoms with Crippen LogP contribution in [0, 0.1) is 23.2 Å². The lowest BCUT2D eigenvalue weighted by atomic mass is 9.96. The number of H-pyrrole nitrogens is 1. The number of benzene rings is 2. The molecule has 1 heterocycles. The van der Waals surface area contributed by atoms with E-state index in [0.29, 0.717) is 24.0 Å². The number of nitrogens with two attached hydrogens (primary N) is 2. The van der Waals surface area contributed by atoms with E-state index in [4.69, 9.17) is 16.9 Å². The molecule has 3 rings (SSSR count). The van der Waals surface area contributed by atoms with Gasteiger partial charge in [-0.3, -0.25) is 48.6 Å². The maximum atomic E-state index is 14.4. The third-order valence-corrected chi connectivity index (χ3v) is 13.4. The number of amides is 8. The highest BCUT2D eigenvalue weighted by Gasteiger charge is 2.37. The van der Waals surface area contributed by atoms with Crippen molar-refractivity contribution in [3.63, 3.8) is 0 Å². The Labute approximate surface area is 459 Å². The predicted molar refractivity (Wildman–Crippen MR) is 294 cm³/mol. The Hall–Kier alpha value is -8.09. The van der Waals surface area contributed by atoms with Crippen LogP contribution in [0.4, 0.5) is 0 Å². The Morgan fingerprint density at radius 1 is 0.582 bits per heavy atom. The maximum absolute atomic E-state index is 14.4. The van der Waals surface area contributed by atoms with Gasteiger partial charge in [0.25, 0.3) is 0 Å². The molecular formula is C54H81N13O12. The first-order chi connectivity index (χ1) is 37.3. The summed E-state index contributed by atoms with van der Waals surface area (Å²) in [5, 5.41) is 51.2. The zero-order valence-corrected chi connectivity index (χ0v) is 46.2. The van der Waals surface area contributed by atoms with Crippen LogP contribution < -0.4 is 59.3 Å². The van der Waals surface area contributed by atoms with Crippen LogP contribution in [0.1, 0.15) is 105 Å². The van der Waals surface area contributed by atoms with Gasteiger partial charge in [0.15, 0.2) is 5.96 Å². The molecule has 2 aromatic carbocycles. The Morgan fingerprint density at radius 3 is 1.68 bits per heavy atom. The van der Waals surface area contributed by atoms with E-state index in [1.807, 2.05) is 32.0 Å². The van der Waals surface area contributed by atoms with E-state index in [9.17, 15) is 58.2 Å². The number of carbonyl (C=O) groups excluding carboxylic acids is 8. The molecule has 25 nitrogen and oxygen atoms in total. The molecule has 0 bridgehead atoms. The van der Waals surface area contributed by atoms with E-state index in [2.05, 4.69) is 52.8 Å². The Balaban J connectivity index is 1.92. The van der Waals surface area contributed by atoms with E-state index < -0.39 is 132 Å². The lowest BCUT2D eigenvalue weighted by molar-refractivity contribution is -0.144. The zero-order chi connectivity index (χ0) is 59.1. The van der Waals surface area contributed by atoms with Crippen molar-refractivity contribution in [1.82, 2.24) is 52.8 Å². The Morgan fingerprint density at radius 2 is 1.09 bits per heavy atom. The molecular weight excluding hydrogens is 1020 g/mol. The highest BCUT2D eigenvalue weighted by Crippen LogP contribution is 2.20. The minimum atomic E-state index is -1.78. The van der Waals surface area contributed by atoms with Gasteiger partial charge in [-0.15, -0.1) is 0 Å². The van der Waals surface area contributed by atoms with Crippen molar-refractivity contribution >= 4 is 76.1 Å². The molecule has 0 saturated heterocycles. The van der Waals surface area contributed by atoms with E-state index in [-0.39, 0.29) is 50.5 Å². The summed E-state index contributed by atoms with van der Waals surface area (Å²) < 4.78 is 0. The van der Waals surface area contributed by atoms with Crippen LogP contribution in [-0.2, 0) is 60.8 Å². The van der Waals surface area contributed by atoms with Gasteiger partial charge < -0.3 is 74.5 Å². The second kappa shape index (κ2) is 32.0. The molecule has 0 unspecified atom stereocenters. The number of rotatable bonds is 33. The average Bonchev–Trinajstić information content (AvgIpc) is 3.82. The standard InChI is InChI=1S/C54H81N13O12/c1-9-29(5)43(66-51(76)39(24-33-17-12-11-13-18-33)64-49(74)41(26-42(68)69)65-47(72)37(61-45(70)31(7)55)21-16-22-58-54(56)57)52(77)60-32(8)46(71)62-40(25-34-27-59-36-20-15-14-19-35(34)36)48(73)63-38(23-28(3)4)50(75)67-44(53(78)79)30(6)10-2/h11-15,17-20,27-32,37-41,43-44,59H,9-10,16,21-26,55H2,1-8H3,(H,60,77)(H,61,70)(H,62,71)(H,63,73)(H,64,74)(H,65,72)(H,66,76)(H,67,75)(H,68,69)(H,78,79)(H4,56,57,58)/t29-,30-,31-,32-,37-,38-,39-,40-,41-,43-,44-/m0/s1. The van der Waals surface area contributed by atoms with E-state index >= 15 is 0 Å². The fourth-order valence-corrected chi connectivity index (χ4v) is 8.35. The Bertz CT molecular complexity index is 2590. The van der Waals surface area contributed by atoms with E-state index in [0.717, 1.165) is 10.9 Å². The molecule has 0 fully saturated rings. The SMILES string of the molecule is CC[C@H](C)[C@H](NC(=O)[C@H](CC(C)C)NC(=O)[C@H](Cc1c[nH]c2ccccc12)NC(=O)[C@H](C)NC(=O)[C@@H](NC(=O)[C@H](Cc1ccccc1)NC(=O)[C@H](CC(=O)O)NC(=O)[C@H](CCCNC(=N)N)NC(=O)[C@H](C)N)[C@@H](C)CC)C(=O)O. The third kappa shape index (κ3) is 21.3. The molecule has 25 heteroatoms. The van der Waals surface area contributed by atoms with Gasteiger partial charge in [-0.1, -0.05) is 103 Å². The number of para-hydroxylation sites is 1. The average molecular weight is 1100 g/mol. The number of carboxylic acids is 2. The molecule has 0 radical (unpaired) electrons. The van der Waals surface area contributed by atoms with Crippen molar-refractivity contribution in [1.29, 1.82) is 5.41 Å². The summed E-state index contributed by atoms with van der Waals surface area (Å²) in [7, 11) is 0. The summed E-state index contributed by atoms with van der Waals surface area (Å²) in [6.07, 6.45) is 1.55. The fourth-order valence-electron chi connectivity index (χ4n) is 8.35. The van der Waals surface area contributed by atoms with Gasteiger partial charge in [-0.25, -0.2) is 4.79 Å². The summed E-state index contributed by atoms with van der Waals surface area (Å²) in [5.41, 5.74) is 13.0. The van der Waals surface area contributed by atoms with Crippen LogP contribution in [0.2, 0.25) is 0 Å². The van der Waals surface area contributed by atoms with Gasteiger partial charge in [-0.2, -0.15) is 0 Å². The summed E-state index contributed by atoms with van der Waals surface area (Å²) >= 11 is 0. The van der Waals surface area contributed by atoms with Crippen LogP contribution in [0.3, 0.4) is 0 Å². The number of aromatic amines is 1. The van der Waals surface area contributed by atoms with Crippen molar-refractivity contribution in [2.24, 2.45) is 29.2 Å². The van der Waals surface area contributed by atoms with Crippen molar-refractivity contribution in [3.8, 4) is 0 Å². The molecule has 3 aromatic rings. The molecule has 1 aromatic heterocycles. The number of fused-ring (bicyclic) bond motifs is 1. The molecule has 0 saturated carbocycles. The summed E-state index contributed by atoms with van der Waals surface area (Å²) in [4.78, 5) is 139. The molecule has 79 heavy (non-hydrogen) atoms. The summed E-state index contributed by atoms with van der Waals surface area (Å²) in [6, 6.07) is 3.65. The van der Waals surface area contributed by atoms with Gasteiger partial charge in [0, 0.05) is 36.5 Å². The predicted octanol–water partition coefficient (Wildman–Crippen LogP) is 0.159. The number of guanidine groups is 1. The molecule has 0 aliphatic carbocycles. The molecule has 17 N–H and O–H groups in total. The number of aliphatic carboxylic acids is 2. The van der Waals surface area contributed by atoms with Gasteiger partial charge in [0.2, 0.25) is 47.3 Å². The van der Waals surface area contributed by atoms with Crippen LogP contribution in [0.5, 0.6) is 0 Å². The summed E-state index contributed by atoms with van der Waals surface area (Å²) in [5.74, 6) is -11.0. The van der Waals surface area contributed by atoms with Crippen LogP contribution in [0.25, 0.3) is 10.9 Å². The van der Waals surface area contributed by atoms with Crippen LogP contribution in [-0.4, -0.2) is 141 Å². The molecule has 0 spiro atoms. The smallest absolute Gasteiger partial charge is 0.326 e. The molecule has 11 atom stereocenters. The summed E-state index contributed by atoms with van der Waals surface area (Å²) in [6.45, 7) is 13.4. The van der Waals surface area contributed by atoms with Crippen molar-refractivity contribution < 1.29 is 58.2 Å². The van der Waals surface area contributed by atoms with Crippen LogP contribution in [0.15, 0.2) is 60.8 Å². The van der Waals surface area contributed by atoms with Gasteiger partial charge in [0.1, 0.15) is 48.3 Å². The van der Waals surface area contributed by atoms with Crippen molar-refractivity contribution in [3.05, 3.63) is 71.9 Å². The molecule has 0 aliphatic heterocycles. The molecule has 0 aliphatic rings. The Kier molecular flexibility index (Phi) is 26.4. The zero-order valence-electron chi connectivity index (χ0n) is 46.2. The minimum Gasteiger partial charge on any atom is -0.481 e. The normalized spacial score (nSPS) is 15.4. The number of hydrogen-bond donors (Lipinski definition) is 15. The lowest BCUT2D eigenvalue weighted by Gasteiger charge is -2.29. The number of carboxylic acid groups (broad SMARTS) is 2. The number of hydrogen-bond acceptors (Lipinski definition) is 12. The fraction of sp³-hybridized carbons (Fsp3) is 0.537. The van der Waals surface area contributed by atoms with Crippen LogP contribution >= 0.6 is 0 Å². The first kappa shape index (κ1) is 65.2. The maximum Gasteiger partial charge on any atom is 0.326 e. The number of carbonyl (C=O) groups is 10. The van der Waals surface area contributed by atoms with Gasteiger partial charge in [0.05, 0.1) is 12.5 Å². The topological polar surface area (TPSA) is 411 Å². The minimum absolute atomic E-state index is 0.0408. The molecule has 434 valence electrons. The lowest BCUT2D eigenvalue weighted by Crippen LogP contribution is -2.61. The monoisotopic (exact) mass is 1100 g/mol. The highest BCUT2D eigenvalue weighted by atomic mass is 16.4. The van der Waals surface area contributed by atoms with Crippen molar-refractivity contribution in [2.75, 3.05) is 6.54 Å².